The van der Waals surface area contributed by atoms with Gasteiger partial charge in [0.1, 0.15) is 0 Å². The number of thiophene rings is 1. The van der Waals surface area contributed by atoms with Crippen molar-refractivity contribution in [3.8, 4) is 10.6 Å². The molecule has 2 unspecified atom stereocenters. The molecule has 0 aliphatic carbocycles. The first-order valence-electron chi connectivity index (χ1n) is 6.71. The number of carboxylic acid groups (broad SMARTS) is 1. The molecule has 0 aromatic carbocycles. The Kier molecular flexibility index (Phi) is 3.50. The van der Waals surface area contributed by atoms with Crippen LogP contribution in [0.1, 0.15) is 23.8 Å². The largest absolute Gasteiger partial charge is 0.481 e. The van der Waals surface area contributed by atoms with Crippen LogP contribution in [0.5, 0.6) is 0 Å². The first-order chi connectivity index (χ1) is 10.1. The van der Waals surface area contributed by atoms with Crippen molar-refractivity contribution in [3.05, 3.63) is 29.3 Å². The van der Waals surface area contributed by atoms with Crippen molar-refractivity contribution >= 4 is 23.2 Å². The zero-order valence-corrected chi connectivity index (χ0v) is 12.3. The van der Waals surface area contributed by atoms with Gasteiger partial charge in [-0.3, -0.25) is 14.7 Å². The van der Waals surface area contributed by atoms with E-state index in [0.717, 1.165) is 10.6 Å². The van der Waals surface area contributed by atoms with Gasteiger partial charge in [0.15, 0.2) is 5.69 Å². The summed E-state index contributed by atoms with van der Waals surface area (Å²) < 4.78 is 0. The molecule has 1 fully saturated rings. The Morgan fingerprint density at radius 3 is 2.95 bits per heavy atom. The minimum atomic E-state index is -0.848. The normalized spacial score (nSPS) is 21.7. The van der Waals surface area contributed by atoms with Gasteiger partial charge in [0.25, 0.3) is 5.91 Å². The van der Waals surface area contributed by atoms with Crippen molar-refractivity contribution in [2.75, 3.05) is 6.54 Å². The maximum atomic E-state index is 12.5. The number of carboxylic acids is 1. The molecule has 3 heterocycles. The van der Waals surface area contributed by atoms with Crippen molar-refractivity contribution in [3.63, 3.8) is 0 Å². The van der Waals surface area contributed by atoms with E-state index in [1.165, 1.54) is 0 Å². The second-order valence-electron chi connectivity index (χ2n) is 5.12. The molecule has 2 aromatic heterocycles. The van der Waals surface area contributed by atoms with E-state index in [1.54, 1.807) is 29.2 Å². The van der Waals surface area contributed by atoms with Crippen LogP contribution in [-0.2, 0) is 4.79 Å². The number of H-pyrrole nitrogens is 1. The van der Waals surface area contributed by atoms with Gasteiger partial charge in [0, 0.05) is 12.6 Å². The summed E-state index contributed by atoms with van der Waals surface area (Å²) >= 11 is 1.56. The molecule has 0 saturated carbocycles. The number of rotatable bonds is 3. The lowest BCUT2D eigenvalue weighted by Crippen LogP contribution is -2.37. The van der Waals surface area contributed by atoms with Gasteiger partial charge in [0.05, 0.1) is 16.5 Å². The lowest BCUT2D eigenvalue weighted by molar-refractivity contribution is -0.142. The molecule has 3 rings (SSSR count). The van der Waals surface area contributed by atoms with Crippen molar-refractivity contribution < 1.29 is 14.7 Å². The molecule has 2 aromatic rings. The van der Waals surface area contributed by atoms with E-state index in [1.807, 2.05) is 17.5 Å². The Balaban J connectivity index is 1.79. The summed E-state index contributed by atoms with van der Waals surface area (Å²) in [6.07, 6.45) is 0.491. The molecular formula is C14H15N3O3S. The molecule has 6 nitrogen and oxygen atoms in total. The zero-order chi connectivity index (χ0) is 15.0. The maximum Gasteiger partial charge on any atom is 0.308 e. The second kappa shape index (κ2) is 5.33. The second-order valence-corrected chi connectivity index (χ2v) is 6.06. The van der Waals surface area contributed by atoms with Crippen LogP contribution in [0, 0.1) is 5.92 Å². The van der Waals surface area contributed by atoms with Crippen LogP contribution in [0.25, 0.3) is 10.6 Å². The van der Waals surface area contributed by atoms with E-state index in [0.29, 0.717) is 18.7 Å². The molecule has 7 heteroatoms. The fraction of sp³-hybridized carbons (Fsp3) is 0.357. The van der Waals surface area contributed by atoms with Crippen LogP contribution in [0.4, 0.5) is 0 Å². The van der Waals surface area contributed by atoms with E-state index in [-0.39, 0.29) is 11.9 Å². The Labute approximate surface area is 125 Å². The van der Waals surface area contributed by atoms with Crippen LogP contribution >= 0.6 is 11.3 Å². The molecule has 1 aliphatic heterocycles. The fourth-order valence-corrected chi connectivity index (χ4v) is 3.39. The molecular weight excluding hydrogens is 290 g/mol. The Morgan fingerprint density at radius 2 is 2.33 bits per heavy atom. The van der Waals surface area contributed by atoms with Crippen LogP contribution in [-0.4, -0.2) is 44.7 Å². The summed E-state index contributed by atoms with van der Waals surface area (Å²) in [5.41, 5.74) is 1.13. The Morgan fingerprint density at radius 1 is 1.52 bits per heavy atom. The highest BCUT2D eigenvalue weighted by Gasteiger charge is 2.38. The van der Waals surface area contributed by atoms with Crippen molar-refractivity contribution in [2.45, 2.75) is 19.4 Å². The molecule has 1 aliphatic rings. The number of nitrogens with one attached hydrogen (secondary N) is 1. The van der Waals surface area contributed by atoms with Gasteiger partial charge in [-0.1, -0.05) is 6.07 Å². The van der Waals surface area contributed by atoms with Crippen LogP contribution < -0.4 is 0 Å². The number of hydrogen-bond acceptors (Lipinski definition) is 4. The summed E-state index contributed by atoms with van der Waals surface area (Å²) in [4.78, 5) is 26.2. The van der Waals surface area contributed by atoms with Gasteiger partial charge in [0.2, 0.25) is 0 Å². The number of aromatic amines is 1. The third-order valence-electron chi connectivity index (χ3n) is 3.92. The van der Waals surface area contributed by atoms with Gasteiger partial charge < -0.3 is 10.0 Å². The van der Waals surface area contributed by atoms with Gasteiger partial charge in [-0.2, -0.15) is 5.10 Å². The molecule has 1 amide bonds. The van der Waals surface area contributed by atoms with Gasteiger partial charge >= 0.3 is 5.97 Å². The number of aromatic nitrogens is 2. The SMILES string of the molecule is CC1C(C(=O)O)CCN1C(=O)c1cc(-c2cccs2)[nH]n1. The minimum absolute atomic E-state index is 0.217. The quantitative estimate of drug-likeness (QED) is 0.909. The predicted octanol–water partition coefficient (Wildman–Crippen LogP) is 2.07. The number of amides is 1. The summed E-state index contributed by atoms with van der Waals surface area (Å²) in [5.74, 6) is -1.56. The predicted molar refractivity (Wildman–Crippen MR) is 78.1 cm³/mol. The first-order valence-corrected chi connectivity index (χ1v) is 7.59. The number of likely N-dealkylation sites (tertiary alicyclic amines) is 1. The topological polar surface area (TPSA) is 86.3 Å². The fourth-order valence-electron chi connectivity index (χ4n) is 2.69. The lowest BCUT2D eigenvalue weighted by Gasteiger charge is -2.22. The monoisotopic (exact) mass is 305 g/mol. The molecule has 0 radical (unpaired) electrons. The third kappa shape index (κ3) is 2.44. The number of nitrogens with zero attached hydrogens (tertiary/aromatic N) is 2. The number of aliphatic carboxylic acids is 1. The first kappa shape index (κ1) is 13.8. The van der Waals surface area contributed by atoms with E-state index in [4.69, 9.17) is 5.11 Å². The summed E-state index contributed by atoms with van der Waals surface area (Å²) in [7, 11) is 0. The molecule has 1 saturated heterocycles. The lowest BCUT2D eigenvalue weighted by atomic mass is 10.0. The number of carbonyl (C=O) groups excluding carboxylic acids is 1. The summed E-state index contributed by atoms with van der Waals surface area (Å²) in [6, 6.07) is 5.29. The highest BCUT2D eigenvalue weighted by Crippen LogP contribution is 2.27. The van der Waals surface area contributed by atoms with Crippen LogP contribution in [0.15, 0.2) is 23.6 Å². The van der Waals surface area contributed by atoms with E-state index >= 15 is 0 Å². The molecule has 2 atom stereocenters. The number of hydrogen-bond donors (Lipinski definition) is 2. The molecule has 2 N–H and O–H groups in total. The molecule has 110 valence electrons. The summed E-state index contributed by atoms with van der Waals surface area (Å²) in [5, 5.41) is 18.0. The maximum absolute atomic E-state index is 12.5. The van der Waals surface area contributed by atoms with Crippen molar-refractivity contribution in [1.29, 1.82) is 0 Å². The molecule has 0 spiro atoms. The van der Waals surface area contributed by atoms with E-state index in [9.17, 15) is 9.59 Å². The Bertz CT molecular complexity index is 665. The average molecular weight is 305 g/mol. The summed E-state index contributed by atoms with van der Waals surface area (Å²) in [6.45, 7) is 2.23. The molecule has 0 bridgehead atoms. The van der Waals surface area contributed by atoms with E-state index < -0.39 is 11.9 Å². The van der Waals surface area contributed by atoms with Crippen molar-refractivity contribution in [2.24, 2.45) is 5.92 Å². The Hall–Kier alpha value is -2.15. The van der Waals surface area contributed by atoms with Gasteiger partial charge in [-0.25, -0.2) is 0 Å². The minimum Gasteiger partial charge on any atom is -0.481 e. The van der Waals surface area contributed by atoms with Gasteiger partial charge in [-0.15, -0.1) is 11.3 Å². The highest BCUT2D eigenvalue weighted by atomic mass is 32.1. The third-order valence-corrected chi connectivity index (χ3v) is 4.82. The number of carbonyl (C=O) groups is 2. The van der Waals surface area contributed by atoms with Crippen molar-refractivity contribution in [1.82, 2.24) is 15.1 Å². The molecule has 21 heavy (non-hydrogen) atoms. The van der Waals surface area contributed by atoms with Gasteiger partial charge in [-0.05, 0) is 30.9 Å². The van der Waals surface area contributed by atoms with Crippen LogP contribution in [0.3, 0.4) is 0 Å². The smallest absolute Gasteiger partial charge is 0.308 e. The average Bonchev–Trinajstić information content (AvgIpc) is 3.18. The standard InChI is InChI=1S/C14H15N3O3S/c1-8-9(14(19)20)4-5-17(8)13(18)11-7-10(15-16-11)12-3-2-6-21-12/h2-3,6-9H,4-5H2,1H3,(H,15,16)(H,19,20). The van der Waals surface area contributed by atoms with E-state index in [2.05, 4.69) is 10.2 Å². The highest BCUT2D eigenvalue weighted by molar-refractivity contribution is 7.13. The van der Waals surface area contributed by atoms with Crippen LogP contribution in [0.2, 0.25) is 0 Å². The zero-order valence-electron chi connectivity index (χ0n) is 11.4.